The summed E-state index contributed by atoms with van der Waals surface area (Å²) in [5.74, 6) is 0.388. The van der Waals surface area contributed by atoms with Gasteiger partial charge in [0.1, 0.15) is 0 Å². The molecule has 0 spiro atoms. The lowest BCUT2D eigenvalue weighted by molar-refractivity contribution is -0.137. The molecule has 1 atom stereocenters. The molecule has 0 saturated carbocycles. The van der Waals surface area contributed by atoms with Gasteiger partial charge in [-0.1, -0.05) is 68.4 Å². The zero-order valence-electron chi connectivity index (χ0n) is 15.1. The van der Waals surface area contributed by atoms with Crippen molar-refractivity contribution < 1.29 is 9.90 Å². The highest BCUT2D eigenvalue weighted by atomic mass is 32.1. The van der Waals surface area contributed by atoms with Crippen LogP contribution in [-0.2, 0) is 4.79 Å². The highest BCUT2D eigenvalue weighted by molar-refractivity contribution is 7.80. The summed E-state index contributed by atoms with van der Waals surface area (Å²) in [6.45, 7) is 2.23. The summed E-state index contributed by atoms with van der Waals surface area (Å²) in [5.41, 5.74) is 0. The van der Waals surface area contributed by atoms with Crippen LogP contribution in [0.1, 0.15) is 64.7 Å². The van der Waals surface area contributed by atoms with Crippen LogP contribution in [0.15, 0.2) is 48.6 Å². The molecule has 1 unspecified atom stereocenters. The Morgan fingerprint density at radius 1 is 1.00 bits per heavy atom. The Bertz CT molecular complexity index is 408. The van der Waals surface area contributed by atoms with E-state index in [2.05, 4.69) is 62.1 Å². The molecule has 0 aliphatic rings. The maximum absolute atomic E-state index is 10.5. The van der Waals surface area contributed by atoms with Gasteiger partial charge < -0.3 is 5.11 Å². The molecule has 1 N–H and O–H groups in total. The summed E-state index contributed by atoms with van der Waals surface area (Å²) in [4.78, 5) is 10.5. The van der Waals surface area contributed by atoms with E-state index >= 15 is 0 Å². The highest BCUT2D eigenvalue weighted by Crippen LogP contribution is 2.12. The molecule has 0 aliphatic carbocycles. The van der Waals surface area contributed by atoms with Crippen LogP contribution >= 0.6 is 12.6 Å². The minimum Gasteiger partial charge on any atom is -0.481 e. The Morgan fingerprint density at radius 2 is 1.71 bits per heavy atom. The van der Waals surface area contributed by atoms with Crippen LogP contribution in [0.2, 0.25) is 0 Å². The second kappa shape index (κ2) is 18.1. The van der Waals surface area contributed by atoms with Crippen molar-refractivity contribution in [3.63, 3.8) is 0 Å². The molecule has 0 bridgehead atoms. The molecule has 24 heavy (non-hydrogen) atoms. The predicted molar refractivity (Wildman–Crippen MR) is 109 cm³/mol. The van der Waals surface area contributed by atoms with E-state index in [9.17, 15) is 4.79 Å². The maximum Gasteiger partial charge on any atom is 0.303 e. The topological polar surface area (TPSA) is 37.3 Å². The van der Waals surface area contributed by atoms with Crippen molar-refractivity contribution in [1.29, 1.82) is 0 Å². The van der Waals surface area contributed by atoms with Crippen LogP contribution in [0.5, 0.6) is 0 Å². The zero-order chi connectivity index (χ0) is 17.9. The summed E-state index contributed by atoms with van der Waals surface area (Å²) in [7, 11) is 0. The molecule has 0 aromatic rings. The van der Waals surface area contributed by atoms with E-state index in [4.69, 9.17) is 5.11 Å². The van der Waals surface area contributed by atoms with Crippen molar-refractivity contribution in [3.8, 4) is 0 Å². The number of hydrogen-bond acceptors (Lipinski definition) is 2. The van der Waals surface area contributed by atoms with Gasteiger partial charge in [-0.25, -0.2) is 0 Å². The molecular formula is C21H34O2S. The van der Waals surface area contributed by atoms with Gasteiger partial charge in [0.05, 0.1) is 0 Å². The largest absolute Gasteiger partial charge is 0.481 e. The Balaban J connectivity index is 3.74. The van der Waals surface area contributed by atoms with E-state index < -0.39 is 5.97 Å². The van der Waals surface area contributed by atoms with E-state index in [-0.39, 0.29) is 6.42 Å². The third kappa shape index (κ3) is 17.1. The van der Waals surface area contributed by atoms with Crippen molar-refractivity contribution in [2.24, 2.45) is 5.92 Å². The van der Waals surface area contributed by atoms with Gasteiger partial charge in [0.15, 0.2) is 0 Å². The van der Waals surface area contributed by atoms with Gasteiger partial charge in [-0.3, -0.25) is 4.79 Å². The van der Waals surface area contributed by atoms with E-state index in [1.54, 1.807) is 0 Å². The van der Waals surface area contributed by atoms with Crippen LogP contribution in [0.4, 0.5) is 0 Å². The number of rotatable bonds is 15. The Morgan fingerprint density at radius 3 is 2.38 bits per heavy atom. The molecule has 0 heterocycles. The first-order valence-corrected chi connectivity index (χ1v) is 9.79. The zero-order valence-corrected chi connectivity index (χ0v) is 16.0. The summed E-state index contributed by atoms with van der Waals surface area (Å²) in [6, 6.07) is 0. The predicted octanol–water partition coefficient (Wildman–Crippen LogP) is 6.37. The fourth-order valence-electron chi connectivity index (χ4n) is 2.22. The first kappa shape index (κ1) is 22.8. The van der Waals surface area contributed by atoms with Crippen LogP contribution < -0.4 is 0 Å². The molecular weight excluding hydrogens is 316 g/mol. The van der Waals surface area contributed by atoms with Crippen LogP contribution in [0, 0.1) is 5.92 Å². The summed E-state index contributed by atoms with van der Waals surface area (Å²) < 4.78 is 0. The summed E-state index contributed by atoms with van der Waals surface area (Å²) in [5, 5.41) is 8.64. The van der Waals surface area contributed by atoms with Crippen molar-refractivity contribution in [2.45, 2.75) is 64.7 Å². The lowest BCUT2D eigenvalue weighted by Gasteiger charge is -2.07. The number of allylic oxidation sites excluding steroid dienone is 8. The Labute approximate surface area is 153 Å². The average Bonchev–Trinajstić information content (AvgIpc) is 2.57. The van der Waals surface area contributed by atoms with E-state index in [0.29, 0.717) is 12.3 Å². The third-order valence-corrected chi connectivity index (χ3v) is 4.15. The number of unbranched alkanes of at least 4 members (excludes halogenated alkanes) is 3. The number of carboxylic acids is 1. The number of carbonyl (C=O) groups is 1. The van der Waals surface area contributed by atoms with E-state index in [0.717, 1.165) is 25.0 Å². The molecule has 0 aromatic heterocycles. The molecule has 2 nitrogen and oxygen atoms in total. The monoisotopic (exact) mass is 350 g/mol. The first-order valence-electron chi connectivity index (χ1n) is 9.16. The minimum atomic E-state index is -0.723. The Kier molecular flexibility index (Phi) is 17.2. The number of thiol groups is 1. The first-order chi connectivity index (χ1) is 11.7. The van der Waals surface area contributed by atoms with Crippen molar-refractivity contribution in [2.75, 3.05) is 5.75 Å². The van der Waals surface area contributed by atoms with Crippen molar-refractivity contribution in [3.05, 3.63) is 48.6 Å². The van der Waals surface area contributed by atoms with Crippen LogP contribution in [0.3, 0.4) is 0 Å². The van der Waals surface area contributed by atoms with Gasteiger partial charge in [-0.2, -0.15) is 12.6 Å². The van der Waals surface area contributed by atoms with Gasteiger partial charge in [0.2, 0.25) is 0 Å². The van der Waals surface area contributed by atoms with Gasteiger partial charge in [0, 0.05) is 6.42 Å². The van der Waals surface area contributed by atoms with Crippen LogP contribution in [-0.4, -0.2) is 16.8 Å². The molecule has 3 heteroatoms. The third-order valence-electron chi connectivity index (χ3n) is 3.68. The summed E-state index contributed by atoms with van der Waals surface area (Å²) >= 11 is 4.32. The van der Waals surface area contributed by atoms with Gasteiger partial charge >= 0.3 is 5.97 Å². The van der Waals surface area contributed by atoms with Crippen molar-refractivity contribution >= 4 is 18.6 Å². The molecule has 0 saturated heterocycles. The number of carboxylic acid groups (broad SMARTS) is 1. The standard InChI is InChI=1S/C21H34O2S/c1-2-3-4-5-6-7-8-9-10-11-12-13-14-16-20(19-24)17-15-18-21(22)23/h6-7,9-10,12-14,16,20,24H,2-5,8,11,15,17-19H2,1H3,(H,22,23)/b7-6-,10-9-,13-12-,16-14+. The highest BCUT2D eigenvalue weighted by Gasteiger charge is 2.03. The smallest absolute Gasteiger partial charge is 0.303 e. The second-order valence-corrected chi connectivity index (χ2v) is 6.32. The van der Waals surface area contributed by atoms with Crippen molar-refractivity contribution in [1.82, 2.24) is 0 Å². The van der Waals surface area contributed by atoms with Gasteiger partial charge in [0.25, 0.3) is 0 Å². The lowest BCUT2D eigenvalue weighted by atomic mass is 10.0. The van der Waals surface area contributed by atoms with Crippen LogP contribution in [0.25, 0.3) is 0 Å². The molecule has 0 radical (unpaired) electrons. The second-order valence-electron chi connectivity index (χ2n) is 5.95. The van der Waals surface area contributed by atoms with Gasteiger partial charge in [-0.15, -0.1) is 0 Å². The SMILES string of the molecule is CCCCC/C=C\C/C=C\C/C=C\C=C\C(CS)CCCC(=O)O. The molecule has 0 aliphatic heterocycles. The van der Waals surface area contributed by atoms with Gasteiger partial charge in [-0.05, 0) is 50.2 Å². The summed E-state index contributed by atoms with van der Waals surface area (Å²) in [6.07, 6.45) is 26.2. The Hall–Kier alpha value is -1.22. The quantitative estimate of drug-likeness (QED) is 0.156. The molecule has 0 aromatic carbocycles. The fourth-order valence-corrected chi connectivity index (χ4v) is 2.52. The normalized spacial score (nSPS) is 13.8. The maximum atomic E-state index is 10.5. The molecule has 0 fully saturated rings. The lowest BCUT2D eigenvalue weighted by Crippen LogP contribution is -2.01. The van der Waals surface area contributed by atoms with E-state index in [1.165, 1.54) is 25.7 Å². The fraction of sp³-hybridized carbons (Fsp3) is 0.571. The molecule has 0 rings (SSSR count). The average molecular weight is 351 g/mol. The van der Waals surface area contributed by atoms with E-state index in [1.807, 2.05) is 6.08 Å². The molecule has 136 valence electrons. The minimum absolute atomic E-state index is 0.242. The number of aliphatic carboxylic acids is 1. The number of hydrogen-bond donors (Lipinski definition) is 2. The molecule has 0 amide bonds.